The predicted molar refractivity (Wildman–Crippen MR) is 154 cm³/mol. The number of rotatable bonds is 11. The van der Waals surface area contributed by atoms with Gasteiger partial charge < -0.3 is 24.6 Å². The molecule has 2 heterocycles. The molecule has 0 aliphatic carbocycles. The third-order valence-corrected chi connectivity index (χ3v) is 7.91. The number of amidine groups is 1. The number of benzene rings is 2. The minimum Gasteiger partial charge on any atom is -0.542 e. The van der Waals surface area contributed by atoms with Gasteiger partial charge >= 0.3 is 12.4 Å². The summed E-state index contributed by atoms with van der Waals surface area (Å²) >= 11 is 0. The van der Waals surface area contributed by atoms with Gasteiger partial charge in [0.15, 0.2) is 18.1 Å². The van der Waals surface area contributed by atoms with Crippen LogP contribution in [0.1, 0.15) is 44.6 Å². The summed E-state index contributed by atoms with van der Waals surface area (Å²) in [6.45, 7) is 1.60. The summed E-state index contributed by atoms with van der Waals surface area (Å²) in [6.07, 6.45) is -1.50. The molecule has 0 bridgehead atoms. The fourth-order valence-electron chi connectivity index (χ4n) is 4.14. The maximum absolute atomic E-state index is 13.5. The van der Waals surface area contributed by atoms with Crippen molar-refractivity contribution in [3.05, 3.63) is 78.8 Å². The van der Waals surface area contributed by atoms with E-state index >= 15 is 0 Å². The third kappa shape index (κ3) is 12.8. The first-order chi connectivity index (χ1) is 22.3. The largest absolute Gasteiger partial charge is 0.542 e. The molecule has 0 radical (unpaired) electrons. The highest BCUT2D eigenvalue weighted by Gasteiger charge is 2.31. The number of Topliss-reactive ketones (excluding diaryl/α,β-unsaturated/α-hetero) is 1. The van der Waals surface area contributed by atoms with E-state index in [1.165, 1.54) is 0 Å². The van der Waals surface area contributed by atoms with Crippen molar-refractivity contribution >= 4 is 50.1 Å². The molecule has 0 saturated heterocycles. The summed E-state index contributed by atoms with van der Waals surface area (Å²) in [6, 6.07) is 16.5. The standard InChI is InChI=1S/C26H28N4O3S.2C2HF3O2/c1-19(31)9-4-2-7-13-23(26-28-18-24(29-26)20-10-5-3-6-11-20)30-34(32,33)25-14-8-12-21-17-27-16-15-22(21)25;2*3-2(4,5)1(6)7/h3,5-6,8,10-12,14-18,23,30H,2,4,7,9,13H2,1H3,(H,28,29);2*(H,6,7)/t23-;;/m0../s1. The molecular formula is C30H30F6N4O7S. The summed E-state index contributed by atoms with van der Waals surface area (Å²) in [7, 11) is -3.80. The number of sulfonamides is 1. The van der Waals surface area contributed by atoms with E-state index in [0.717, 1.165) is 35.9 Å². The minimum absolute atomic E-state index is 0.177. The molecule has 0 fully saturated rings. The Morgan fingerprint density at radius 2 is 1.50 bits per heavy atom. The van der Waals surface area contributed by atoms with Gasteiger partial charge in [-0.15, -0.1) is 0 Å². The topological polar surface area (TPSA) is 187 Å². The summed E-state index contributed by atoms with van der Waals surface area (Å²) in [5.41, 5.74) is 1.99. The van der Waals surface area contributed by atoms with E-state index in [9.17, 15) is 39.6 Å². The van der Waals surface area contributed by atoms with E-state index in [-0.39, 0.29) is 10.7 Å². The number of carbonyl (C=O) groups is 3. The Labute approximate surface area is 270 Å². The quantitative estimate of drug-likeness (QED) is 0.223. The van der Waals surface area contributed by atoms with Gasteiger partial charge in [-0.05, 0) is 44.0 Å². The van der Waals surface area contributed by atoms with Gasteiger partial charge in [0.05, 0.1) is 11.1 Å². The molecule has 3 aromatic rings. The van der Waals surface area contributed by atoms with Crippen molar-refractivity contribution in [1.29, 1.82) is 0 Å². The monoisotopic (exact) mass is 704 g/mol. The molecule has 48 heavy (non-hydrogen) atoms. The number of nitrogens with two attached hydrogens (primary N) is 1. The van der Waals surface area contributed by atoms with Gasteiger partial charge in [-0.2, -0.15) is 31.1 Å². The average molecular weight is 705 g/mol. The molecule has 260 valence electrons. The summed E-state index contributed by atoms with van der Waals surface area (Å²) in [4.78, 5) is 36.6. The zero-order valence-corrected chi connectivity index (χ0v) is 25.9. The maximum atomic E-state index is 13.5. The van der Waals surface area contributed by atoms with E-state index in [0.29, 0.717) is 24.1 Å². The number of fused-ring (bicyclic) bond motifs is 1. The number of hydrogen-bond donors (Lipinski definition) is 2. The second kappa shape index (κ2) is 17.5. The molecule has 4 N–H and O–H groups in total. The number of carboxylic acid groups (broad SMARTS) is 2. The molecule has 11 nitrogen and oxygen atoms in total. The van der Waals surface area contributed by atoms with Crippen LogP contribution in [0.15, 0.2) is 83.1 Å². The number of pyridine rings is 1. The van der Waals surface area contributed by atoms with E-state index < -0.39 is 40.4 Å². The highest BCUT2D eigenvalue weighted by atomic mass is 32.2. The van der Waals surface area contributed by atoms with Crippen LogP contribution in [0.5, 0.6) is 0 Å². The molecule has 0 unspecified atom stereocenters. The third-order valence-electron chi connectivity index (χ3n) is 6.38. The van der Waals surface area contributed by atoms with Crippen LogP contribution in [0.25, 0.3) is 16.5 Å². The number of hydrogen-bond acceptors (Lipinski definition) is 8. The number of nitrogens with one attached hydrogen (secondary N) is 2. The van der Waals surface area contributed by atoms with Gasteiger partial charge in [-0.25, -0.2) is 18.4 Å². The van der Waals surface area contributed by atoms with E-state index in [4.69, 9.17) is 19.8 Å². The van der Waals surface area contributed by atoms with E-state index in [1.807, 2.05) is 41.7 Å². The SMILES string of the molecule is CC(=O)CCCCC[C@H](NS(=O)(=O)c1cccc2c[nH+]ccc12)C1=NC=C(c2ccccc2)[NH2+]1.O=C([O-])C(F)(F)F.O=C([O-])C(F)(F)F. The molecule has 1 aliphatic heterocycles. The number of H-pyrrole nitrogens is 1. The highest BCUT2D eigenvalue weighted by molar-refractivity contribution is 7.89. The number of carboxylic acids is 2. The zero-order chi connectivity index (χ0) is 36.1. The molecule has 0 saturated carbocycles. The minimum atomic E-state index is -5.19. The molecule has 18 heteroatoms. The fourth-order valence-corrected chi connectivity index (χ4v) is 5.62. The second-order valence-corrected chi connectivity index (χ2v) is 11.8. The number of quaternary nitrogens is 1. The summed E-state index contributed by atoms with van der Waals surface area (Å²) < 4.78 is 93.0. The predicted octanol–water partition coefficient (Wildman–Crippen LogP) is 1.41. The Bertz CT molecular complexity index is 1720. The lowest BCUT2D eigenvalue weighted by Gasteiger charge is -2.18. The van der Waals surface area contributed by atoms with Crippen molar-refractivity contribution in [2.45, 2.75) is 62.3 Å². The Balaban J connectivity index is 0.000000479. The normalized spacial score (nSPS) is 13.6. The number of aliphatic imine (C=N–C) groups is 1. The number of nitrogens with zero attached hydrogens (tertiary/aromatic N) is 1. The summed E-state index contributed by atoms with van der Waals surface area (Å²) in [5.74, 6) is -5.14. The molecule has 1 atom stereocenters. The average Bonchev–Trinajstić information content (AvgIpc) is 3.50. The van der Waals surface area contributed by atoms with Crippen molar-refractivity contribution in [3.8, 4) is 0 Å². The number of alkyl halides is 6. The van der Waals surface area contributed by atoms with Gasteiger partial charge in [0.1, 0.15) is 23.8 Å². The summed E-state index contributed by atoms with van der Waals surface area (Å²) in [5, 5.41) is 21.0. The molecule has 1 aromatic heterocycles. The molecule has 2 aromatic carbocycles. The van der Waals surface area contributed by atoms with Gasteiger partial charge in [0, 0.05) is 28.8 Å². The lowest BCUT2D eigenvalue weighted by molar-refractivity contribution is -0.434. The Hall–Kier alpha value is -4.68. The molecule has 4 rings (SSSR count). The van der Waals surface area contributed by atoms with Crippen LogP contribution in [0.4, 0.5) is 26.3 Å². The van der Waals surface area contributed by atoms with Crippen LogP contribution in [-0.4, -0.2) is 50.4 Å². The molecule has 0 spiro atoms. The Morgan fingerprint density at radius 1 is 0.896 bits per heavy atom. The Morgan fingerprint density at radius 3 is 2.06 bits per heavy atom. The first-order valence-corrected chi connectivity index (χ1v) is 15.5. The molecule has 0 amide bonds. The van der Waals surface area contributed by atoms with Crippen molar-refractivity contribution in [1.82, 2.24) is 4.72 Å². The van der Waals surface area contributed by atoms with Gasteiger partial charge in [0.2, 0.25) is 15.9 Å². The van der Waals surface area contributed by atoms with Crippen molar-refractivity contribution in [2.75, 3.05) is 0 Å². The van der Waals surface area contributed by atoms with Crippen LogP contribution in [0, 0.1) is 0 Å². The zero-order valence-electron chi connectivity index (χ0n) is 25.1. The van der Waals surface area contributed by atoms with Crippen LogP contribution >= 0.6 is 0 Å². The molecule has 1 aliphatic rings. The second-order valence-electron chi connectivity index (χ2n) is 10.1. The lowest BCUT2D eigenvalue weighted by Crippen LogP contribution is -2.87. The van der Waals surface area contributed by atoms with Gasteiger partial charge in [0.25, 0.3) is 0 Å². The first kappa shape index (κ1) is 39.5. The highest BCUT2D eigenvalue weighted by Crippen LogP contribution is 2.22. The van der Waals surface area contributed by atoms with E-state index in [1.54, 1.807) is 43.7 Å². The van der Waals surface area contributed by atoms with Crippen LogP contribution in [0.3, 0.4) is 0 Å². The number of carbonyl (C=O) groups excluding carboxylic acids is 3. The number of aromatic nitrogens is 1. The van der Waals surface area contributed by atoms with Crippen molar-refractivity contribution in [2.24, 2.45) is 4.99 Å². The Kier molecular flexibility index (Phi) is 14.4. The fraction of sp³-hybridized carbons (Fsp3) is 0.300. The van der Waals surface area contributed by atoms with Crippen LogP contribution < -0.4 is 25.2 Å². The smallest absolute Gasteiger partial charge is 0.430 e. The lowest BCUT2D eigenvalue weighted by atomic mass is 10.1. The van der Waals surface area contributed by atoms with Crippen molar-refractivity contribution < 1.29 is 69.7 Å². The van der Waals surface area contributed by atoms with Crippen LogP contribution in [0.2, 0.25) is 0 Å². The van der Waals surface area contributed by atoms with Gasteiger partial charge in [-0.3, -0.25) is 5.32 Å². The van der Waals surface area contributed by atoms with E-state index in [2.05, 4.69) is 14.7 Å². The number of unbranched alkanes of at least 4 members (excludes halogenated alkanes) is 2. The first-order valence-electron chi connectivity index (χ1n) is 14.0. The molecular weight excluding hydrogens is 674 g/mol. The number of aromatic amines is 1. The van der Waals surface area contributed by atoms with Crippen molar-refractivity contribution in [3.63, 3.8) is 0 Å². The van der Waals surface area contributed by atoms with Crippen LogP contribution in [-0.2, 0) is 24.4 Å². The number of aliphatic carboxylic acids is 2. The number of ketones is 1. The maximum Gasteiger partial charge on any atom is 0.430 e. The number of halogens is 6. The van der Waals surface area contributed by atoms with Gasteiger partial charge in [-0.1, -0.05) is 37.1 Å².